The number of hydrogen-bond donors (Lipinski definition) is 1. The second kappa shape index (κ2) is 8.03. The monoisotopic (exact) mass is 387 g/mol. The third-order valence-corrected chi connectivity index (χ3v) is 5.51. The number of carbonyl (C=O) groups is 1. The smallest absolute Gasteiger partial charge is 0.291 e. The first-order valence-electron chi connectivity index (χ1n) is 10.2. The molecule has 148 valence electrons. The number of ketones is 1. The molecular weight excluding hydrogens is 362 g/mol. The van der Waals surface area contributed by atoms with Crippen LogP contribution in [0.1, 0.15) is 48.2 Å². The van der Waals surface area contributed by atoms with E-state index in [4.69, 9.17) is 0 Å². The van der Waals surface area contributed by atoms with Crippen molar-refractivity contribution in [2.24, 2.45) is 0 Å². The zero-order valence-electron chi connectivity index (χ0n) is 16.9. The van der Waals surface area contributed by atoms with Crippen LogP contribution in [0.2, 0.25) is 0 Å². The van der Waals surface area contributed by atoms with Gasteiger partial charge < -0.3 is 5.32 Å². The van der Waals surface area contributed by atoms with Crippen molar-refractivity contribution in [2.45, 2.75) is 46.1 Å². The number of rotatable bonds is 5. The third kappa shape index (κ3) is 3.60. The Morgan fingerprint density at radius 2 is 1.83 bits per heavy atom. The molecule has 2 aromatic carbocycles. The van der Waals surface area contributed by atoms with E-state index in [2.05, 4.69) is 16.5 Å². The summed E-state index contributed by atoms with van der Waals surface area (Å²) < 4.78 is 1.42. The predicted octanol–water partition coefficient (Wildman–Crippen LogP) is 4.76. The molecule has 1 N–H and O–H groups in total. The van der Waals surface area contributed by atoms with Crippen LogP contribution in [0.25, 0.3) is 11.3 Å². The van der Waals surface area contributed by atoms with Gasteiger partial charge in [0.2, 0.25) is 0 Å². The molecule has 5 heteroatoms. The van der Waals surface area contributed by atoms with Crippen LogP contribution in [0.5, 0.6) is 0 Å². The van der Waals surface area contributed by atoms with Gasteiger partial charge in [0, 0.05) is 17.8 Å². The third-order valence-electron chi connectivity index (χ3n) is 5.51. The van der Waals surface area contributed by atoms with E-state index < -0.39 is 0 Å². The van der Waals surface area contributed by atoms with Crippen molar-refractivity contribution in [3.63, 3.8) is 0 Å². The van der Waals surface area contributed by atoms with Crippen LogP contribution in [0, 0.1) is 0 Å². The molecule has 0 fully saturated rings. The highest BCUT2D eigenvalue weighted by molar-refractivity contribution is 6.05. The molecular formula is C24H25N3O2. The van der Waals surface area contributed by atoms with Gasteiger partial charge in [-0.3, -0.25) is 9.59 Å². The van der Waals surface area contributed by atoms with Crippen LogP contribution in [0.15, 0.2) is 53.3 Å². The summed E-state index contributed by atoms with van der Waals surface area (Å²) in [7, 11) is 0. The van der Waals surface area contributed by atoms with Crippen molar-refractivity contribution in [1.82, 2.24) is 9.78 Å². The van der Waals surface area contributed by atoms with E-state index in [9.17, 15) is 9.59 Å². The summed E-state index contributed by atoms with van der Waals surface area (Å²) in [4.78, 5) is 25.8. The highest BCUT2D eigenvalue weighted by Crippen LogP contribution is 2.32. The predicted molar refractivity (Wildman–Crippen MR) is 116 cm³/mol. The molecule has 1 aromatic heterocycles. The van der Waals surface area contributed by atoms with Gasteiger partial charge in [0.25, 0.3) is 5.56 Å². The molecule has 0 unspecified atom stereocenters. The van der Waals surface area contributed by atoms with Gasteiger partial charge in [-0.05, 0) is 56.7 Å². The highest BCUT2D eigenvalue weighted by Gasteiger charge is 2.23. The van der Waals surface area contributed by atoms with Crippen molar-refractivity contribution in [2.75, 3.05) is 5.32 Å². The van der Waals surface area contributed by atoms with Crippen LogP contribution < -0.4 is 10.9 Å². The van der Waals surface area contributed by atoms with Gasteiger partial charge >= 0.3 is 0 Å². The van der Waals surface area contributed by atoms with E-state index in [1.165, 1.54) is 29.2 Å². The maximum absolute atomic E-state index is 13.2. The molecule has 0 saturated heterocycles. The van der Waals surface area contributed by atoms with E-state index in [0.717, 1.165) is 30.5 Å². The zero-order valence-corrected chi connectivity index (χ0v) is 16.9. The Bertz CT molecular complexity index is 1120. The number of nitrogens with one attached hydrogen (secondary N) is 1. The molecule has 1 aliphatic rings. The van der Waals surface area contributed by atoms with E-state index in [-0.39, 0.29) is 11.3 Å². The number of fused-ring (bicyclic) bond motifs is 1. The fourth-order valence-corrected chi connectivity index (χ4v) is 4.07. The summed E-state index contributed by atoms with van der Waals surface area (Å²) in [6.45, 7) is 3.80. The fourth-order valence-electron chi connectivity index (χ4n) is 4.07. The van der Waals surface area contributed by atoms with Crippen LogP contribution in [0.4, 0.5) is 11.4 Å². The SMILES string of the molecule is CCn1nc(-c2ccccc2)c(C(C)=O)c(Nc2cccc3c2CCCC3)c1=O. The van der Waals surface area contributed by atoms with Crippen LogP contribution in [0.3, 0.4) is 0 Å². The molecule has 0 aliphatic heterocycles. The summed E-state index contributed by atoms with van der Waals surface area (Å²) in [5.41, 5.74) is 5.21. The number of nitrogens with zero attached hydrogens (tertiary/aromatic N) is 2. The summed E-state index contributed by atoms with van der Waals surface area (Å²) in [6, 6.07) is 15.7. The van der Waals surface area contributed by atoms with E-state index in [0.29, 0.717) is 23.5 Å². The minimum Gasteiger partial charge on any atom is -0.350 e. The van der Waals surface area contributed by atoms with Gasteiger partial charge in [0.05, 0.1) is 5.56 Å². The molecule has 3 aromatic rings. The molecule has 0 saturated carbocycles. The van der Waals surface area contributed by atoms with Gasteiger partial charge in [0.15, 0.2) is 5.78 Å². The molecule has 5 nitrogen and oxygen atoms in total. The molecule has 29 heavy (non-hydrogen) atoms. The Balaban J connectivity index is 1.93. The van der Waals surface area contributed by atoms with Crippen molar-refractivity contribution >= 4 is 17.2 Å². The van der Waals surface area contributed by atoms with Crippen LogP contribution >= 0.6 is 0 Å². The first-order valence-corrected chi connectivity index (χ1v) is 10.2. The summed E-state index contributed by atoms with van der Waals surface area (Å²) in [5.74, 6) is -0.177. The van der Waals surface area contributed by atoms with Gasteiger partial charge in [-0.25, -0.2) is 4.68 Å². The Hall–Kier alpha value is -3.21. The molecule has 0 atom stereocenters. The standard InChI is InChI=1S/C24H25N3O2/c1-3-27-24(29)23(25-20-15-9-13-17-10-7-8-14-19(17)20)21(16(2)28)22(26-27)18-11-5-4-6-12-18/h4-6,9,11-13,15,25H,3,7-8,10,14H2,1-2H3. The van der Waals surface area contributed by atoms with E-state index in [1.807, 2.05) is 49.4 Å². The lowest BCUT2D eigenvalue weighted by Crippen LogP contribution is -2.28. The average molecular weight is 387 g/mol. The number of aromatic nitrogens is 2. The number of anilines is 2. The number of Topliss-reactive ketones (excluding diaryl/α,β-unsaturated/α-hetero) is 1. The van der Waals surface area contributed by atoms with E-state index in [1.54, 1.807) is 0 Å². The first kappa shape index (κ1) is 19.1. The second-order valence-corrected chi connectivity index (χ2v) is 7.42. The topological polar surface area (TPSA) is 64.0 Å². The molecule has 0 radical (unpaired) electrons. The Kier molecular flexibility index (Phi) is 5.30. The maximum Gasteiger partial charge on any atom is 0.291 e. The Morgan fingerprint density at radius 3 is 2.55 bits per heavy atom. The summed E-state index contributed by atoms with van der Waals surface area (Å²) in [5, 5.41) is 7.86. The van der Waals surface area contributed by atoms with Gasteiger partial charge in [-0.1, -0.05) is 42.5 Å². The number of aryl methyl sites for hydroxylation is 2. The average Bonchev–Trinajstić information content (AvgIpc) is 2.75. The number of carbonyl (C=O) groups excluding carboxylic acids is 1. The summed E-state index contributed by atoms with van der Waals surface area (Å²) >= 11 is 0. The second-order valence-electron chi connectivity index (χ2n) is 7.42. The molecule has 1 heterocycles. The number of benzene rings is 2. The molecule has 4 rings (SSSR count). The molecule has 0 bridgehead atoms. The van der Waals surface area contributed by atoms with Crippen molar-refractivity contribution in [1.29, 1.82) is 0 Å². The van der Waals surface area contributed by atoms with Crippen molar-refractivity contribution in [3.8, 4) is 11.3 Å². The lowest BCUT2D eigenvalue weighted by Gasteiger charge is -2.21. The maximum atomic E-state index is 13.2. The van der Waals surface area contributed by atoms with Crippen molar-refractivity contribution in [3.05, 3.63) is 75.6 Å². The lowest BCUT2D eigenvalue weighted by atomic mass is 9.90. The van der Waals surface area contributed by atoms with Gasteiger partial charge in [0.1, 0.15) is 11.4 Å². The Morgan fingerprint density at radius 1 is 1.07 bits per heavy atom. The largest absolute Gasteiger partial charge is 0.350 e. The van der Waals surface area contributed by atoms with Crippen molar-refractivity contribution < 1.29 is 4.79 Å². The van der Waals surface area contributed by atoms with Crippen LogP contribution in [-0.4, -0.2) is 15.6 Å². The quantitative estimate of drug-likeness (QED) is 0.642. The summed E-state index contributed by atoms with van der Waals surface area (Å²) in [6.07, 6.45) is 4.35. The highest BCUT2D eigenvalue weighted by atomic mass is 16.1. The number of hydrogen-bond acceptors (Lipinski definition) is 4. The van der Waals surface area contributed by atoms with Crippen LogP contribution in [-0.2, 0) is 19.4 Å². The Labute approximate surface area is 170 Å². The normalized spacial score (nSPS) is 13.0. The molecule has 0 spiro atoms. The molecule has 1 aliphatic carbocycles. The zero-order chi connectivity index (χ0) is 20.4. The lowest BCUT2D eigenvalue weighted by molar-refractivity contribution is 0.101. The minimum absolute atomic E-state index is 0.177. The fraction of sp³-hybridized carbons (Fsp3) is 0.292. The molecule has 0 amide bonds. The van der Waals surface area contributed by atoms with Gasteiger partial charge in [-0.15, -0.1) is 0 Å². The first-order chi connectivity index (χ1) is 14.1. The van der Waals surface area contributed by atoms with E-state index >= 15 is 0 Å². The van der Waals surface area contributed by atoms with Gasteiger partial charge in [-0.2, -0.15) is 5.10 Å². The minimum atomic E-state index is -0.272.